The Bertz CT molecular complexity index is 1090. The van der Waals surface area contributed by atoms with Crippen LogP contribution < -0.4 is 0 Å². The zero-order valence-corrected chi connectivity index (χ0v) is 14.5. The molecule has 0 aliphatic carbocycles. The fourth-order valence-corrected chi connectivity index (χ4v) is 4.27. The van der Waals surface area contributed by atoms with E-state index in [0.29, 0.717) is 18.2 Å². The fraction of sp³-hybridized carbons (Fsp3) is 0.353. The minimum absolute atomic E-state index is 0.172. The molecule has 24 heavy (non-hydrogen) atoms. The van der Waals surface area contributed by atoms with Gasteiger partial charge in [-0.3, -0.25) is 0 Å². The normalized spacial score (nSPS) is 16.8. The van der Waals surface area contributed by atoms with Crippen LogP contribution in [0.2, 0.25) is 0 Å². The molecule has 0 fully saturated rings. The second kappa shape index (κ2) is 4.64. The van der Waals surface area contributed by atoms with Crippen molar-refractivity contribution in [1.29, 1.82) is 0 Å². The highest BCUT2D eigenvalue weighted by molar-refractivity contribution is 7.19. The van der Waals surface area contributed by atoms with Crippen LogP contribution in [-0.4, -0.2) is 25.2 Å². The van der Waals surface area contributed by atoms with Gasteiger partial charge < -0.3 is 9.15 Å². The van der Waals surface area contributed by atoms with E-state index in [0.717, 1.165) is 28.0 Å². The van der Waals surface area contributed by atoms with Crippen LogP contribution in [0.25, 0.3) is 27.4 Å². The second-order valence-corrected chi connectivity index (χ2v) is 7.85. The number of hydrogen-bond acceptors (Lipinski definition) is 6. The van der Waals surface area contributed by atoms with Gasteiger partial charge in [0.15, 0.2) is 11.4 Å². The van der Waals surface area contributed by atoms with Gasteiger partial charge >= 0.3 is 0 Å². The zero-order chi connectivity index (χ0) is 16.5. The Labute approximate surface area is 142 Å². The van der Waals surface area contributed by atoms with Crippen molar-refractivity contribution in [3.05, 3.63) is 34.7 Å². The summed E-state index contributed by atoms with van der Waals surface area (Å²) in [7, 11) is 0. The van der Waals surface area contributed by atoms with Crippen LogP contribution in [0.15, 0.2) is 22.9 Å². The molecule has 0 bridgehead atoms. The molecule has 0 spiro atoms. The van der Waals surface area contributed by atoms with Gasteiger partial charge in [0.2, 0.25) is 5.82 Å². The van der Waals surface area contributed by atoms with E-state index >= 15 is 0 Å². The summed E-state index contributed by atoms with van der Waals surface area (Å²) in [6, 6.07) is 3.82. The Morgan fingerprint density at radius 3 is 2.96 bits per heavy atom. The Morgan fingerprint density at radius 2 is 2.17 bits per heavy atom. The highest BCUT2D eigenvalue weighted by atomic mass is 32.1. The van der Waals surface area contributed by atoms with Crippen molar-refractivity contribution in [2.45, 2.75) is 39.4 Å². The Morgan fingerprint density at radius 1 is 1.29 bits per heavy atom. The van der Waals surface area contributed by atoms with Crippen LogP contribution in [0.4, 0.5) is 0 Å². The van der Waals surface area contributed by atoms with Gasteiger partial charge in [-0.15, -0.1) is 16.4 Å². The van der Waals surface area contributed by atoms with Crippen molar-refractivity contribution in [3.63, 3.8) is 0 Å². The van der Waals surface area contributed by atoms with Crippen molar-refractivity contribution in [1.82, 2.24) is 19.6 Å². The Balaban J connectivity index is 1.78. The van der Waals surface area contributed by atoms with E-state index in [1.807, 2.05) is 19.1 Å². The van der Waals surface area contributed by atoms with Crippen LogP contribution >= 0.6 is 11.3 Å². The molecule has 1 aliphatic rings. The summed E-state index contributed by atoms with van der Waals surface area (Å²) in [5.41, 5.74) is 1.95. The molecule has 4 aromatic heterocycles. The quantitative estimate of drug-likeness (QED) is 0.528. The van der Waals surface area contributed by atoms with Crippen molar-refractivity contribution < 1.29 is 9.15 Å². The summed E-state index contributed by atoms with van der Waals surface area (Å²) in [6.45, 7) is 6.78. The molecule has 6 nitrogen and oxygen atoms in total. The van der Waals surface area contributed by atoms with Gasteiger partial charge in [0, 0.05) is 11.3 Å². The van der Waals surface area contributed by atoms with E-state index in [1.54, 1.807) is 22.2 Å². The number of thiophene rings is 1. The van der Waals surface area contributed by atoms with E-state index in [4.69, 9.17) is 14.1 Å². The number of nitrogens with zero attached hydrogens (tertiary/aromatic N) is 4. The molecule has 122 valence electrons. The second-order valence-electron chi connectivity index (χ2n) is 6.77. The first-order valence-electron chi connectivity index (χ1n) is 7.87. The van der Waals surface area contributed by atoms with Crippen molar-refractivity contribution in [2.75, 3.05) is 0 Å². The van der Waals surface area contributed by atoms with Crippen LogP contribution in [0.3, 0.4) is 0 Å². The molecule has 5 rings (SSSR count). The van der Waals surface area contributed by atoms with Gasteiger partial charge in [0.25, 0.3) is 0 Å². The van der Waals surface area contributed by atoms with Crippen molar-refractivity contribution >= 4 is 27.2 Å². The molecule has 0 unspecified atom stereocenters. The van der Waals surface area contributed by atoms with Crippen molar-refractivity contribution in [2.24, 2.45) is 0 Å². The highest BCUT2D eigenvalue weighted by Gasteiger charge is 2.30. The molecule has 5 heterocycles. The number of hydrogen-bond donors (Lipinski definition) is 0. The first-order valence-corrected chi connectivity index (χ1v) is 8.68. The molecule has 0 atom stereocenters. The van der Waals surface area contributed by atoms with Crippen LogP contribution in [0, 0.1) is 6.92 Å². The molecule has 1 aliphatic heterocycles. The average molecular weight is 340 g/mol. The lowest BCUT2D eigenvalue weighted by Gasteiger charge is -2.30. The maximum atomic E-state index is 5.94. The molecule has 0 amide bonds. The van der Waals surface area contributed by atoms with Crippen LogP contribution in [0.5, 0.6) is 0 Å². The lowest BCUT2D eigenvalue weighted by Crippen LogP contribution is -2.31. The van der Waals surface area contributed by atoms with Crippen LogP contribution in [0.1, 0.15) is 30.0 Å². The molecule has 0 radical (unpaired) electrons. The van der Waals surface area contributed by atoms with Gasteiger partial charge in [-0.05, 0) is 38.5 Å². The minimum Gasteiger partial charge on any atom is -0.458 e. The standard InChI is InChI=1S/C17H16N4O2S/c1-9-4-5-11(23-9)14-19-15-13-10-6-17(2,3)22-7-12(10)24-16(13)18-8-21(15)20-14/h4-5,8H,6-7H2,1-3H3. The third kappa shape index (κ3) is 2.01. The summed E-state index contributed by atoms with van der Waals surface area (Å²) < 4.78 is 13.3. The predicted molar refractivity (Wildman–Crippen MR) is 91.2 cm³/mol. The first kappa shape index (κ1) is 14.1. The predicted octanol–water partition coefficient (Wildman–Crippen LogP) is 3.76. The molecule has 0 saturated heterocycles. The number of aromatic nitrogens is 4. The monoisotopic (exact) mass is 340 g/mol. The van der Waals surface area contributed by atoms with Crippen molar-refractivity contribution in [3.8, 4) is 11.6 Å². The highest BCUT2D eigenvalue weighted by Crippen LogP contribution is 2.39. The number of aryl methyl sites for hydroxylation is 1. The number of furan rings is 1. The molecule has 0 saturated carbocycles. The van der Waals surface area contributed by atoms with Crippen LogP contribution in [-0.2, 0) is 17.8 Å². The molecular weight excluding hydrogens is 324 g/mol. The Hall–Kier alpha value is -2.25. The van der Waals surface area contributed by atoms with E-state index < -0.39 is 0 Å². The third-order valence-corrected chi connectivity index (χ3v) is 5.48. The number of rotatable bonds is 1. The summed E-state index contributed by atoms with van der Waals surface area (Å²) in [4.78, 5) is 11.5. The largest absolute Gasteiger partial charge is 0.458 e. The van der Waals surface area contributed by atoms with Gasteiger partial charge in [-0.25, -0.2) is 14.5 Å². The molecule has 7 heteroatoms. The summed E-state index contributed by atoms with van der Waals surface area (Å²) in [5.74, 6) is 2.11. The fourth-order valence-electron chi connectivity index (χ4n) is 3.20. The lowest BCUT2D eigenvalue weighted by atomic mass is 9.94. The van der Waals surface area contributed by atoms with E-state index in [1.165, 1.54) is 10.4 Å². The van der Waals surface area contributed by atoms with Gasteiger partial charge in [-0.2, -0.15) is 0 Å². The number of fused-ring (bicyclic) bond motifs is 5. The van der Waals surface area contributed by atoms with Gasteiger partial charge in [0.1, 0.15) is 16.9 Å². The van der Waals surface area contributed by atoms with E-state index in [-0.39, 0.29) is 5.60 Å². The smallest absolute Gasteiger partial charge is 0.217 e. The summed E-state index contributed by atoms with van der Waals surface area (Å²) in [5, 5.41) is 5.63. The SMILES string of the molecule is Cc1ccc(-c2nc3c4c5c(sc4ncn3n2)COC(C)(C)C5)o1. The molecular formula is C17H16N4O2S. The number of ether oxygens (including phenoxy) is 1. The minimum atomic E-state index is -0.172. The zero-order valence-electron chi connectivity index (χ0n) is 13.7. The van der Waals surface area contributed by atoms with Gasteiger partial charge in [0.05, 0.1) is 17.6 Å². The maximum absolute atomic E-state index is 5.94. The average Bonchev–Trinajstić information content (AvgIpc) is 3.21. The lowest BCUT2D eigenvalue weighted by molar-refractivity contribution is -0.0379. The van der Waals surface area contributed by atoms with Gasteiger partial charge in [-0.1, -0.05) is 0 Å². The Kier molecular flexibility index (Phi) is 2.73. The molecule has 0 N–H and O–H groups in total. The summed E-state index contributed by atoms with van der Waals surface area (Å²) >= 11 is 1.68. The third-order valence-electron chi connectivity index (χ3n) is 4.37. The van der Waals surface area contributed by atoms with E-state index in [2.05, 4.69) is 23.9 Å². The topological polar surface area (TPSA) is 65.5 Å². The molecule has 4 aromatic rings. The maximum Gasteiger partial charge on any atom is 0.217 e. The first-order chi connectivity index (χ1) is 11.5. The summed E-state index contributed by atoms with van der Waals surface area (Å²) in [6.07, 6.45) is 2.57. The van der Waals surface area contributed by atoms with E-state index in [9.17, 15) is 0 Å². The molecule has 0 aromatic carbocycles.